The van der Waals surface area contributed by atoms with Crippen molar-refractivity contribution in [2.75, 3.05) is 11.9 Å². The summed E-state index contributed by atoms with van der Waals surface area (Å²) in [4.78, 5) is 22.0. The minimum absolute atomic E-state index is 0.0651. The van der Waals surface area contributed by atoms with E-state index in [1.165, 1.54) is 0 Å². The zero-order chi connectivity index (χ0) is 22.2. The van der Waals surface area contributed by atoms with Crippen LogP contribution < -0.4 is 10.6 Å². The van der Waals surface area contributed by atoms with Crippen LogP contribution in [-0.2, 0) is 4.79 Å². The first-order valence-corrected chi connectivity index (χ1v) is 10.7. The van der Waals surface area contributed by atoms with Gasteiger partial charge in [-0.3, -0.25) is 9.48 Å². The maximum atomic E-state index is 12.5. The van der Waals surface area contributed by atoms with E-state index in [4.69, 9.17) is 9.97 Å². The van der Waals surface area contributed by atoms with E-state index >= 15 is 0 Å². The fourth-order valence-corrected chi connectivity index (χ4v) is 3.91. The van der Waals surface area contributed by atoms with Crippen LogP contribution in [-0.4, -0.2) is 47.9 Å². The Hall–Kier alpha value is -4.00. The molecule has 1 atom stereocenters. The third-order valence-electron chi connectivity index (χ3n) is 5.65. The van der Waals surface area contributed by atoms with Crippen LogP contribution in [0.15, 0.2) is 30.6 Å². The predicted octanol–water partition coefficient (Wildman–Crippen LogP) is 2.67. The van der Waals surface area contributed by atoms with Gasteiger partial charge in [-0.2, -0.15) is 14.9 Å². The number of nitrogens with one attached hydrogen (secondary N) is 2. The molecule has 162 valence electrons. The van der Waals surface area contributed by atoms with Crippen LogP contribution in [0.4, 0.5) is 5.95 Å². The molecule has 0 aliphatic carbocycles. The topological polar surface area (TPSA) is 126 Å². The van der Waals surface area contributed by atoms with Gasteiger partial charge in [0.15, 0.2) is 11.5 Å². The van der Waals surface area contributed by atoms with Crippen molar-refractivity contribution in [1.82, 2.24) is 34.7 Å². The largest absolute Gasteiger partial charge is 0.354 e. The number of aromatic nitrogens is 6. The van der Waals surface area contributed by atoms with Gasteiger partial charge in [-0.15, -0.1) is 5.10 Å². The summed E-state index contributed by atoms with van der Waals surface area (Å²) >= 11 is 0. The van der Waals surface area contributed by atoms with Crippen molar-refractivity contribution < 1.29 is 4.79 Å². The Morgan fingerprint density at radius 2 is 2.16 bits per heavy atom. The molecule has 1 saturated heterocycles. The lowest BCUT2D eigenvalue weighted by atomic mass is 10.1. The minimum Gasteiger partial charge on any atom is -0.354 e. The smallest absolute Gasteiger partial charge is 0.242 e. The van der Waals surface area contributed by atoms with E-state index in [9.17, 15) is 10.1 Å². The van der Waals surface area contributed by atoms with Crippen LogP contribution in [0.3, 0.4) is 0 Å². The molecule has 1 aromatic carbocycles. The number of amides is 1. The molecule has 1 amide bonds. The summed E-state index contributed by atoms with van der Waals surface area (Å²) < 4.78 is 3.46. The molecule has 4 aromatic rings. The first-order chi connectivity index (χ1) is 15.5. The molecular formula is C22H23N9O. The van der Waals surface area contributed by atoms with Crippen LogP contribution in [0.1, 0.15) is 44.7 Å². The van der Waals surface area contributed by atoms with Gasteiger partial charge in [-0.25, -0.2) is 9.97 Å². The van der Waals surface area contributed by atoms with Crippen LogP contribution in [0.25, 0.3) is 27.9 Å². The van der Waals surface area contributed by atoms with Crippen LogP contribution >= 0.6 is 0 Å². The second-order valence-electron chi connectivity index (χ2n) is 8.21. The van der Waals surface area contributed by atoms with Crippen LogP contribution in [0.5, 0.6) is 0 Å². The van der Waals surface area contributed by atoms with Crippen molar-refractivity contribution >= 4 is 28.4 Å². The van der Waals surface area contributed by atoms with E-state index in [-0.39, 0.29) is 11.9 Å². The van der Waals surface area contributed by atoms with Gasteiger partial charge in [0, 0.05) is 24.2 Å². The summed E-state index contributed by atoms with van der Waals surface area (Å²) in [5.74, 6) is 0.818. The average molecular weight is 429 g/mol. The summed E-state index contributed by atoms with van der Waals surface area (Å²) in [6, 6.07) is 7.38. The highest BCUT2D eigenvalue weighted by Gasteiger charge is 2.24. The van der Waals surface area contributed by atoms with Gasteiger partial charge in [-0.05, 0) is 45.2 Å². The molecule has 10 nitrogen and oxygen atoms in total. The summed E-state index contributed by atoms with van der Waals surface area (Å²) in [6.07, 6.45) is 6.19. The molecule has 10 heteroatoms. The number of nitrogens with zero attached hydrogens (tertiary/aromatic N) is 7. The van der Waals surface area contributed by atoms with Crippen molar-refractivity contribution in [2.45, 2.75) is 45.2 Å². The number of carbonyl (C=O) groups is 1. The number of benzene rings is 1. The van der Waals surface area contributed by atoms with E-state index in [2.05, 4.69) is 40.7 Å². The van der Waals surface area contributed by atoms with Gasteiger partial charge >= 0.3 is 0 Å². The van der Waals surface area contributed by atoms with Crippen molar-refractivity contribution in [3.63, 3.8) is 0 Å². The fraction of sp³-hybridized carbons (Fsp3) is 0.364. The molecule has 1 fully saturated rings. The summed E-state index contributed by atoms with van der Waals surface area (Å²) in [5.41, 5.74) is 2.31. The molecule has 0 saturated carbocycles. The molecule has 0 bridgehead atoms. The van der Waals surface area contributed by atoms with Gasteiger partial charge in [-0.1, -0.05) is 6.07 Å². The first-order valence-electron chi connectivity index (χ1n) is 10.7. The van der Waals surface area contributed by atoms with Gasteiger partial charge in [0.2, 0.25) is 11.9 Å². The van der Waals surface area contributed by atoms with Gasteiger partial charge in [0.25, 0.3) is 0 Å². The molecule has 32 heavy (non-hydrogen) atoms. The van der Waals surface area contributed by atoms with E-state index < -0.39 is 6.04 Å². The molecule has 0 spiro atoms. The number of hydrogen-bond acceptors (Lipinski definition) is 7. The average Bonchev–Trinajstić information content (AvgIpc) is 3.41. The zero-order valence-electron chi connectivity index (χ0n) is 17.9. The molecule has 2 N–H and O–H groups in total. The highest BCUT2D eigenvalue weighted by Crippen LogP contribution is 2.27. The summed E-state index contributed by atoms with van der Waals surface area (Å²) in [6.45, 7) is 4.77. The van der Waals surface area contributed by atoms with Crippen LogP contribution in [0.2, 0.25) is 0 Å². The maximum absolute atomic E-state index is 12.5. The molecule has 0 radical (unpaired) electrons. The van der Waals surface area contributed by atoms with Gasteiger partial charge in [0.1, 0.15) is 12.1 Å². The van der Waals surface area contributed by atoms with E-state index in [0.717, 1.165) is 23.8 Å². The lowest BCUT2D eigenvalue weighted by molar-refractivity contribution is -0.121. The molecule has 3 aromatic heterocycles. The third-order valence-corrected chi connectivity index (χ3v) is 5.65. The fourth-order valence-electron chi connectivity index (χ4n) is 3.91. The Labute approximate surface area is 184 Å². The second-order valence-corrected chi connectivity index (χ2v) is 8.21. The number of anilines is 1. The van der Waals surface area contributed by atoms with Crippen molar-refractivity contribution in [2.24, 2.45) is 0 Å². The Bertz CT molecular complexity index is 1360. The van der Waals surface area contributed by atoms with Crippen molar-refractivity contribution in [3.05, 3.63) is 36.2 Å². The Kier molecular flexibility index (Phi) is 4.93. The first kappa shape index (κ1) is 19.9. The van der Waals surface area contributed by atoms with Gasteiger partial charge in [0.05, 0.1) is 22.8 Å². The standard InChI is InChI=1S/C22H23N9O/c1-13(2)30-12-15(11-25-30)19-28-20-16-7-5-6-14(10-23)18(16)27-22(31(20)29-19)26-17-8-3-4-9-24-21(17)32/h5-7,11-13,17H,3-4,8-9H2,1-2H3,(H,24,32)(H,26,27)/t17-/m1/s1. The van der Waals surface area contributed by atoms with E-state index in [1.54, 1.807) is 22.8 Å². The number of hydrogen-bond donors (Lipinski definition) is 2. The minimum atomic E-state index is -0.434. The van der Waals surface area contributed by atoms with Crippen molar-refractivity contribution in [1.29, 1.82) is 5.26 Å². The Balaban J connectivity index is 1.69. The monoisotopic (exact) mass is 429 g/mol. The Morgan fingerprint density at radius 3 is 2.94 bits per heavy atom. The Morgan fingerprint density at radius 1 is 1.28 bits per heavy atom. The zero-order valence-corrected chi connectivity index (χ0v) is 17.9. The number of rotatable bonds is 4. The highest BCUT2D eigenvalue weighted by molar-refractivity contribution is 5.96. The number of carbonyl (C=O) groups excluding carboxylic acids is 1. The predicted molar refractivity (Wildman–Crippen MR) is 119 cm³/mol. The molecule has 4 heterocycles. The summed E-state index contributed by atoms with van der Waals surface area (Å²) in [5, 5.41) is 25.6. The van der Waals surface area contributed by atoms with Crippen LogP contribution in [0, 0.1) is 11.3 Å². The number of nitriles is 1. The second kappa shape index (κ2) is 7.92. The van der Waals surface area contributed by atoms with E-state index in [0.29, 0.717) is 41.5 Å². The summed E-state index contributed by atoms with van der Waals surface area (Å²) in [7, 11) is 0. The lowest BCUT2D eigenvalue weighted by Gasteiger charge is -2.16. The molecular weight excluding hydrogens is 406 g/mol. The molecule has 5 rings (SSSR count). The number of para-hydroxylation sites is 1. The molecule has 1 aliphatic heterocycles. The molecule has 1 aliphatic rings. The lowest BCUT2D eigenvalue weighted by Crippen LogP contribution is -2.38. The quantitative estimate of drug-likeness (QED) is 0.511. The normalized spacial score (nSPS) is 16.8. The SMILES string of the molecule is CC(C)n1cc(-c2nc3c4cccc(C#N)c4nc(N[C@@H]4CCCCNC4=O)n3n2)cn1. The van der Waals surface area contributed by atoms with Crippen molar-refractivity contribution in [3.8, 4) is 17.5 Å². The van der Waals surface area contributed by atoms with E-state index in [1.807, 2.05) is 16.9 Å². The molecule has 0 unspecified atom stereocenters. The number of fused-ring (bicyclic) bond motifs is 3. The maximum Gasteiger partial charge on any atom is 0.242 e. The third kappa shape index (κ3) is 3.41. The van der Waals surface area contributed by atoms with Gasteiger partial charge < -0.3 is 10.6 Å². The highest BCUT2D eigenvalue weighted by atomic mass is 16.2.